The quantitative estimate of drug-likeness (QED) is 0.570. The first-order valence-corrected chi connectivity index (χ1v) is 9.31. The van der Waals surface area contributed by atoms with E-state index in [1.165, 1.54) is 38.5 Å². The minimum atomic E-state index is -0.165. The Labute approximate surface area is 110 Å². The summed E-state index contributed by atoms with van der Waals surface area (Å²) in [6, 6.07) is 0. The Morgan fingerprint density at radius 3 is 2.06 bits per heavy atom. The van der Waals surface area contributed by atoms with Crippen LogP contribution in [0.2, 0.25) is 0 Å². The average molecular weight is 335 g/mol. The van der Waals surface area contributed by atoms with Crippen LogP contribution in [0.4, 0.5) is 0 Å². The number of rotatable bonds is 3. The maximum atomic E-state index is 11.1. The molecule has 0 aromatic carbocycles. The van der Waals surface area contributed by atoms with Gasteiger partial charge >= 0.3 is 110 Å². The van der Waals surface area contributed by atoms with Crippen LogP contribution in [0.15, 0.2) is 0 Å². The van der Waals surface area contributed by atoms with Gasteiger partial charge in [0.1, 0.15) is 0 Å². The predicted molar refractivity (Wildman–Crippen MR) is 61.7 cm³/mol. The van der Waals surface area contributed by atoms with Crippen LogP contribution in [-0.2, 0) is 0 Å². The number of alkyl halides is 2. The van der Waals surface area contributed by atoms with E-state index in [9.17, 15) is 5.11 Å². The summed E-state index contributed by atoms with van der Waals surface area (Å²) < 4.78 is 0.642. The van der Waals surface area contributed by atoms with Gasteiger partial charge in [0.05, 0.1) is 0 Å². The van der Waals surface area contributed by atoms with Crippen molar-refractivity contribution in [1.82, 2.24) is 0 Å². The Kier molecular flexibility index (Phi) is 3.02. The molecule has 0 aromatic heterocycles. The predicted octanol–water partition coefficient (Wildman–Crippen LogP) is 0.0186. The van der Waals surface area contributed by atoms with Crippen molar-refractivity contribution in [3.8, 4) is 0 Å². The standard InChI is InChI=1S/C14H24IO/c1-3-9(2)15-14(16)12-5-10-4-11(7-12)8-13(14)6-10/h9-13,16H,3-8H2,1-2H3/q-1. The van der Waals surface area contributed by atoms with Crippen LogP contribution in [0.5, 0.6) is 0 Å². The molecule has 4 aliphatic carbocycles. The Hall–Kier alpha value is 0.690. The number of halogens is 1. The number of hydrogen-bond donors (Lipinski definition) is 1. The summed E-state index contributed by atoms with van der Waals surface area (Å²) in [5.41, 5.74) is 0. The zero-order valence-electron chi connectivity index (χ0n) is 10.5. The van der Waals surface area contributed by atoms with Crippen molar-refractivity contribution in [2.45, 2.75) is 59.9 Å². The van der Waals surface area contributed by atoms with Gasteiger partial charge in [-0.3, -0.25) is 0 Å². The van der Waals surface area contributed by atoms with Crippen LogP contribution in [-0.4, -0.2) is 12.6 Å². The second kappa shape index (κ2) is 4.11. The summed E-state index contributed by atoms with van der Waals surface area (Å²) in [7, 11) is 0. The van der Waals surface area contributed by atoms with Gasteiger partial charge in [-0.1, -0.05) is 0 Å². The van der Waals surface area contributed by atoms with Gasteiger partial charge in [-0.2, -0.15) is 0 Å². The average Bonchev–Trinajstić information content (AvgIpc) is 2.25. The van der Waals surface area contributed by atoms with E-state index >= 15 is 0 Å². The minimum absolute atomic E-state index is 0.0216. The van der Waals surface area contributed by atoms with E-state index in [1.54, 1.807) is 0 Å². The van der Waals surface area contributed by atoms with Gasteiger partial charge in [-0.15, -0.1) is 0 Å². The van der Waals surface area contributed by atoms with Gasteiger partial charge in [0.15, 0.2) is 0 Å². The van der Waals surface area contributed by atoms with Crippen molar-refractivity contribution >= 4 is 0 Å². The van der Waals surface area contributed by atoms with Crippen LogP contribution < -0.4 is 21.2 Å². The molecule has 0 spiro atoms. The summed E-state index contributed by atoms with van der Waals surface area (Å²) in [6.07, 6.45) is 8.20. The second-order valence-corrected chi connectivity index (χ2v) is 10.8. The van der Waals surface area contributed by atoms with Crippen molar-refractivity contribution in [2.75, 3.05) is 0 Å². The molecule has 0 saturated heterocycles. The van der Waals surface area contributed by atoms with Crippen LogP contribution >= 0.6 is 0 Å². The van der Waals surface area contributed by atoms with Gasteiger partial charge in [-0.25, -0.2) is 0 Å². The Bertz CT molecular complexity index is 248. The molecule has 1 atom stereocenters. The normalized spacial score (nSPS) is 52.2. The van der Waals surface area contributed by atoms with Gasteiger partial charge < -0.3 is 0 Å². The molecule has 0 amide bonds. The van der Waals surface area contributed by atoms with E-state index in [0.717, 1.165) is 15.8 Å². The van der Waals surface area contributed by atoms with E-state index in [4.69, 9.17) is 0 Å². The topological polar surface area (TPSA) is 20.2 Å². The van der Waals surface area contributed by atoms with Crippen molar-refractivity contribution in [3.63, 3.8) is 0 Å². The summed E-state index contributed by atoms with van der Waals surface area (Å²) in [5.74, 6) is 3.38. The molecule has 1 unspecified atom stereocenters. The third kappa shape index (κ3) is 1.75. The van der Waals surface area contributed by atoms with Gasteiger partial charge in [0, 0.05) is 0 Å². The van der Waals surface area contributed by atoms with E-state index in [-0.39, 0.29) is 24.8 Å². The molecular weight excluding hydrogens is 311 g/mol. The number of hydrogen-bond acceptors (Lipinski definition) is 1. The van der Waals surface area contributed by atoms with E-state index in [1.807, 2.05) is 0 Å². The summed E-state index contributed by atoms with van der Waals surface area (Å²) >= 11 is -0.0216. The van der Waals surface area contributed by atoms with Crippen molar-refractivity contribution < 1.29 is 26.3 Å². The molecule has 94 valence electrons. The summed E-state index contributed by atoms with van der Waals surface area (Å²) in [4.78, 5) is 0. The molecule has 1 nitrogen and oxygen atoms in total. The van der Waals surface area contributed by atoms with E-state index in [0.29, 0.717) is 11.8 Å². The molecule has 4 rings (SSSR count). The molecule has 4 fully saturated rings. The Morgan fingerprint density at radius 1 is 1.12 bits per heavy atom. The number of aliphatic hydroxyl groups is 1. The van der Waals surface area contributed by atoms with Crippen molar-refractivity contribution in [2.24, 2.45) is 23.7 Å². The van der Waals surface area contributed by atoms with Crippen LogP contribution in [0.3, 0.4) is 0 Å². The van der Waals surface area contributed by atoms with Crippen molar-refractivity contribution in [3.05, 3.63) is 0 Å². The van der Waals surface area contributed by atoms with Crippen LogP contribution in [0.25, 0.3) is 0 Å². The van der Waals surface area contributed by atoms with Crippen molar-refractivity contribution in [1.29, 1.82) is 0 Å². The third-order valence-electron chi connectivity index (χ3n) is 5.21. The first kappa shape index (κ1) is 11.8. The summed E-state index contributed by atoms with van der Waals surface area (Å²) in [6.45, 7) is 4.64. The first-order valence-electron chi connectivity index (χ1n) is 6.98. The van der Waals surface area contributed by atoms with Gasteiger partial charge in [-0.05, 0) is 0 Å². The first-order chi connectivity index (χ1) is 7.61. The molecule has 1 N–H and O–H groups in total. The molecule has 0 aromatic rings. The molecule has 0 radical (unpaired) electrons. The van der Waals surface area contributed by atoms with Gasteiger partial charge in [0.2, 0.25) is 0 Å². The molecule has 4 bridgehead atoms. The molecule has 0 aliphatic heterocycles. The fraction of sp³-hybridized carbons (Fsp3) is 1.00. The second-order valence-electron chi connectivity index (χ2n) is 6.33. The molecular formula is C14H24IO-. The Balaban J connectivity index is 1.79. The fourth-order valence-corrected chi connectivity index (χ4v) is 8.58. The van der Waals surface area contributed by atoms with E-state index in [2.05, 4.69) is 13.8 Å². The molecule has 4 saturated carbocycles. The fourth-order valence-electron chi connectivity index (χ4n) is 4.40. The van der Waals surface area contributed by atoms with Crippen LogP contribution in [0.1, 0.15) is 52.4 Å². The zero-order chi connectivity index (χ0) is 11.3. The van der Waals surface area contributed by atoms with Gasteiger partial charge in [0.25, 0.3) is 0 Å². The SMILES string of the molecule is CCC(C)[I-]C1(O)C2CC3CC(C2)CC1C3. The molecule has 4 aliphatic rings. The molecule has 16 heavy (non-hydrogen) atoms. The zero-order valence-corrected chi connectivity index (χ0v) is 12.6. The Morgan fingerprint density at radius 2 is 1.62 bits per heavy atom. The summed E-state index contributed by atoms with van der Waals surface area (Å²) in [5, 5.41) is 11.1. The third-order valence-corrected chi connectivity index (χ3v) is 9.91. The monoisotopic (exact) mass is 335 g/mol. The van der Waals surface area contributed by atoms with E-state index < -0.39 is 0 Å². The maximum absolute atomic E-state index is 11.1. The van der Waals surface area contributed by atoms with Crippen LogP contribution in [0, 0.1) is 23.7 Å². The molecule has 0 heterocycles. The molecule has 2 heteroatoms.